The molecule has 0 saturated carbocycles. The minimum atomic E-state index is 0.0754. The van der Waals surface area contributed by atoms with Crippen LogP contribution in [0.4, 0.5) is 0 Å². The number of aliphatic hydroxyl groups is 1. The van der Waals surface area contributed by atoms with Crippen molar-refractivity contribution in [1.82, 2.24) is 14.5 Å². The average molecular weight is 335 g/mol. The Balaban J connectivity index is 2.11. The number of rotatable bonds is 6. The van der Waals surface area contributed by atoms with Crippen molar-refractivity contribution in [2.75, 3.05) is 0 Å². The normalized spacial score (nSPS) is 11.2. The standard InChI is InChI=1S/C21H25N3O/c1-15(2)21-19(14-25)16(3)24(13-18-6-10-23-11-7-18)20(21)12-17-4-8-22-9-5-17/h4-11,15,25H,12-14H2,1-3H3. The molecule has 0 aliphatic rings. The van der Waals surface area contributed by atoms with E-state index in [-0.39, 0.29) is 6.61 Å². The summed E-state index contributed by atoms with van der Waals surface area (Å²) in [5.41, 5.74) is 7.20. The molecule has 0 spiro atoms. The van der Waals surface area contributed by atoms with Crippen LogP contribution in [0.25, 0.3) is 0 Å². The minimum absolute atomic E-state index is 0.0754. The third-order valence-corrected chi connectivity index (χ3v) is 4.75. The average Bonchev–Trinajstić information content (AvgIpc) is 2.89. The number of aliphatic hydroxyl groups excluding tert-OH is 1. The molecule has 25 heavy (non-hydrogen) atoms. The first-order valence-electron chi connectivity index (χ1n) is 8.71. The predicted octanol–water partition coefficient (Wildman–Crippen LogP) is 3.84. The first-order chi connectivity index (χ1) is 12.1. The van der Waals surface area contributed by atoms with Crippen LogP contribution in [0.2, 0.25) is 0 Å². The van der Waals surface area contributed by atoms with E-state index in [2.05, 4.69) is 47.4 Å². The van der Waals surface area contributed by atoms with Crippen LogP contribution in [0.15, 0.2) is 49.1 Å². The summed E-state index contributed by atoms with van der Waals surface area (Å²) in [6.45, 7) is 7.36. The van der Waals surface area contributed by atoms with Crippen molar-refractivity contribution in [3.05, 3.63) is 82.7 Å². The lowest BCUT2D eigenvalue weighted by Gasteiger charge is -2.15. The molecule has 0 unspecified atom stereocenters. The maximum Gasteiger partial charge on any atom is 0.0702 e. The summed E-state index contributed by atoms with van der Waals surface area (Å²) < 4.78 is 2.34. The van der Waals surface area contributed by atoms with E-state index in [0.717, 1.165) is 24.2 Å². The van der Waals surface area contributed by atoms with Gasteiger partial charge in [0.1, 0.15) is 0 Å². The molecule has 0 bridgehead atoms. The van der Waals surface area contributed by atoms with Gasteiger partial charge in [0.15, 0.2) is 0 Å². The molecule has 0 aromatic carbocycles. The van der Waals surface area contributed by atoms with E-state index in [4.69, 9.17) is 0 Å². The molecule has 3 aromatic heterocycles. The second-order valence-electron chi connectivity index (χ2n) is 6.71. The maximum atomic E-state index is 9.98. The Bertz CT molecular complexity index is 823. The highest BCUT2D eigenvalue weighted by molar-refractivity contribution is 5.43. The summed E-state index contributed by atoms with van der Waals surface area (Å²) in [7, 11) is 0. The Morgan fingerprint density at radius 1 is 0.960 bits per heavy atom. The first kappa shape index (κ1) is 17.4. The molecule has 4 heteroatoms. The van der Waals surface area contributed by atoms with E-state index >= 15 is 0 Å². The summed E-state index contributed by atoms with van der Waals surface area (Å²) in [5, 5.41) is 9.98. The van der Waals surface area contributed by atoms with Crippen molar-refractivity contribution >= 4 is 0 Å². The van der Waals surface area contributed by atoms with Crippen LogP contribution in [0.1, 0.15) is 53.4 Å². The molecule has 0 aliphatic carbocycles. The zero-order valence-electron chi connectivity index (χ0n) is 15.1. The van der Waals surface area contributed by atoms with Gasteiger partial charge in [-0.15, -0.1) is 0 Å². The molecule has 1 N–H and O–H groups in total. The molecule has 0 fully saturated rings. The Hall–Kier alpha value is -2.46. The van der Waals surface area contributed by atoms with Gasteiger partial charge in [-0.25, -0.2) is 0 Å². The smallest absolute Gasteiger partial charge is 0.0702 e. The van der Waals surface area contributed by atoms with Crippen LogP contribution < -0.4 is 0 Å². The Kier molecular flexibility index (Phi) is 5.29. The summed E-state index contributed by atoms with van der Waals surface area (Å²) in [5.74, 6) is 0.358. The zero-order chi connectivity index (χ0) is 17.8. The number of hydrogen-bond donors (Lipinski definition) is 1. The van der Waals surface area contributed by atoms with Crippen molar-refractivity contribution in [1.29, 1.82) is 0 Å². The van der Waals surface area contributed by atoms with E-state index in [1.54, 1.807) is 0 Å². The van der Waals surface area contributed by atoms with Gasteiger partial charge in [-0.1, -0.05) is 13.8 Å². The largest absolute Gasteiger partial charge is 0.392 e. The summed E-state index contributed by atoms with van der Waals surface area (Å²) in [6.07, 6.45) is 8.16. The van der Waals surface area contributed by atoms with Gasteiger partial charge >= 0.3 is 0 Å². The molecule has 0 atom stereocenters. The number of nitrogens with zero attached hydrogens (tertiary/aromatic N) is 3. The summed E-state index contributed by atoms with van der Waals surface area (Å²) in [6, 6.07) is 8.20. The lowest BCUT2D eigenvalue weighted by Crippen LogP contribution is -2.09. The molecule has 130 valence electrons. The third-order valence-electron chi connectivity index (χ3n) is 4.75. The van der Waals surface area contributed by atoms with Crippen LogP contribution >= 0.6 is 0 Å². The molecular weight excluding hydrogens is 310 g/mol. The summed E-state index contributed by atoms with van der Waals surface area (Å²) >= 11 is 0. The highest BCUT2D eigenvalue weighted by Gasteiger charge is 2.22. The Labute approximate surface area is 149 Å². The van der Waals surface area contributed by atoms with Gasteiger partial charge in [0.25, 0.3) is 0 Å². The van der Waals surface area contributed by atoms with Gasteiger partial charge in [0.2, 0.25) is 0 Å². The molecule has 0 amide bonds. The SMILES string of the molecule is Cc1c(CO)c(C(C)C)c(Cc2ccncc2)n1Cc1ccncc1. The molecule has 3 heterocycles. The second kappa shape index (κ2) is 7.62. The Morgan fingerprint density at radius 3 is 2.04 bits per heavy atom. The molecule has 0 aliphatic heterocycles. The number of pyridine rings is 2. The van der Waals surface area contributed by atoms with E-state index in [9.17, 15) is 5.11 Å². The van der Waals surface area contributed by atoms with E-state index in [1.165, 1.54) is 22.4 Å². The highest BCUT2D eigenvalue weighted by Crippen LogP contribution is 2.32. The maximum absolute atomic E-state index is 9.98. The van der Waals surface area contributed by atoms with Crippen LogP contribution in [0, 0.1) is 6.92 Å². The molecule has 0 radical (unpaired) electrons. The zero-order valence-corrected chi connectivity index (χ0v) is 15.1. The monoisotopic (exact) mass is 335 g/mol. The van der Waals surface area contributed by atoms with Crippen molar-refractivity contribution in [2.24, 2.45) is 0 Å². The topological polar surface area (TPSA) is 50.9 Å². The fourth-order valence-corrected chi connectivity index (χ4v) is 3.53. The lowest BCUT2D eigenvalue weighted by molar-refractivity contribution is 0.279. The predicted molar refractivity (Wildman–Crippen MR) is 99.6 cm³/mol. The molecular formula is C21H25N3O. The van der Waals surface area contributed by atoms with Gasteiger partial charge in [0, 0.05) is 54.7 Å². The molecule has 4 nitrogen and oxygen atoms in total. The molecule has 0 saturated heterocycles. The molecule has 3 rings (SSSR count). The third kappa shape index (κ3) is 3.64. The fourth-order valence-electron chi connectivity index (χ4n) is 3.53. The quantitative estimate of drug-likeness (QED) is 0.744. The van der Waals surface area contributed by atoms with Crippen LogP contribution in [0.3, 0.4) is 0 Å². The van der Waals surface area contributed by atoms with Crippen LogP contribution in [-0.4, -0.2) is 19.6 Å². The van der Waals surface area contributed by atoms with E-state index in [1.807, 2.05) is 36.9 Å². The number of aromatic nitrogens is 3. The van der Waals surface area contributed by atoms with Crippen molar-refractivity contribution in [2.45, 2.75) is 46.3 Å². The minimum Gasteiger partial charge on any atom is -0.392 e. The van der Waals surface area contributed by atoms with E-state index < -0.39 is 0 Å². The highest BCUT2D eigenvalue weighted by atomic mass is 16.3. The fraction of sp³-hybridized carbons (Fsp3) is 0.333. The van der Waals surface area contributed by atoms with Gasteiger partial charge in [0.05, 0.1) is 6.61 Å². The Morgan fingerprint density at radius 2 is 1.52 bits per heavy atom. The number of hydrogen-bond acceptors (Lipinski definition) is 3. The van der Waals surface area contributed by atoms with Crippen molar-refractivity contribution < 1.29 is 5.11 Å². The van der Waals surface area contributed by atoms with Crippen LogP contribution in [0.5, 0.6) is 0 Å². The van der Waals surface area contributed by atoms with Gasteiger partial charge in [-0.05, 0) is 53.8 Å². The van der Waals surface area contributed by atoms with Crippen LogP contribution in [-0.2, 0) is 19.6 Å². The summed E-state index contributed by atoms with van der Waals surface area (Å²) in [4.78, 5) is 8.23. The van der Waals surface area contributed by atoms with Crippen molar-refractivity contribution in [3.8, 4) is 0 Å². The second-order valence-corrected chi connectivity index (χ2v) is 6.71. The molecule has 3 aromatic rings. The van der Waals surface area contributed by atoms with Gasteiger partial charge < -0.3 is 9.67 Å². The van der Waals surface area contributed by atoms with Crippen molar-refractivity contribution in [3.63, 3.8) is 0 Å². The van der Waals surface area contributed by atoms with E-state index in [0.29, 0.717) is 5.92 Å². The van der Waals surface area contributed by atoms with Gasteiger partial charge in [-0.3, -0.25) is 9.97 Å². The van der Waals surface area contributed by atoms with Gasteiger partial charge in [-0.2, -0.15) is 0 Å². The first-order valence-corrected chi connectivity index (χ1v) is 8.71. The lowest BCUT2D eigenvalue weighted by atomic mass is 9.95.